The topological polar surface area (TPSA) is 50.1 Å². The second kappa shape index (κ2) is 7.91. The van der Waals surface area contributed by atoms with E-state index < -0.39 is 0 Å². The SMILES string of the molecule is CCCc1[nH]n(-c2ccc(F)cc2)c(=O)c1C=NCc1ccc(F)cc1. The van der Waals surface area contributed by atoms with Crippen molar-refractivity contribution in [1.82, 2.24) is 9.78 Å². The molecule has 0 unspecified atom stereocenters. The van der Waals surface area contributed by atoms with E-state index in [-0.39, 0.29) is 17.2 Å². The van der Waals surface area contributed by atoms with Crippen LogP contribution < -0.4 is 5.56 Å². The van der Waals surface area contributed by atoms with Gasteiger partial charge < -0.3 is 0 Å². The van der Waals surface area contributed by atoms with Crippen LogP contribution in [-0.2, 0) is 13.0 Å². The number of rotatable bonds is 6. The van der Waals surface area contributed by atoms with Gasteiger partial charge in [0.15, 0.2) is 0 Å². The number of aliphatic imine (C=N–C) groups is 1. The van der Waals surface area contributed by atoms with E-state index in [4.69, 9.17) is 0 Å². The fourth-order valence-electron chi connectivity index (χ4n) is 2.67. The molecule has 0 aliphatic heterocycles. The Morgan fingerprint density at radius 3 is 2.27 bits per heavy atom. The first kappa shape index (κ1) is 17.8. The van der Waals surface area contributed by atoms with E-state index in [2.05, 4.69) is 10.1 Å². The van der Waals surface area contributed by atoms with Gasteiger partial charge in [-0.2, -0.15) is 0 Å². The summed E-state index contributed by atoms with van der Waals surface area (Å²) in [6, 6.07) is 11.8. The number of hydrogen-bond donors (Lipinski definition) is 1. The van der Waals surface area contributed by atoms with Gasteiger partial charge in [-0.05, 0) is 48.4 Å². The standard InChI is InChI=1S/C20H19F2N3O/c1-2-3-19-18(13-23-12-14-4-6-15(21)7-5-14)20(26)25(24-19)17-10-8-16(22)9-11-17/h4-11,13,24H,2-3,12H2,1H3. The number of benzene rings is 2. The number of nitrogens with zero attached hydrogens (tertiary/aromatic N) is 2. The monoisotopic (exact) mass is 355 g/mol. The molecule has 26 heavy (non-hydrogen) atoms. The van der Waals surface area contributed by atoms with Gasteiger partial charge in [-0.3, -0.25) is 14.9 Å². The van der Waals surface area contributed by atoms with E-state index in [1.807, 2.05) is 6.92 Å². The van der Waals surface area contributed by atoms with Gasteiger partial charge >= 0.3 is 0 Å². The van der Waals surface area contributed by atoms with Crippen molar-refractivity contribution in [2.24, 2.45) is 4.99 Å². The molecule has 1 aromatic heterocycles. The van der Waals surface area contributed by atoms with Crippen LogP contribution in [0.15, 0.2) is 58.3 Å². The normalized spacial score (nSPS) is 11.3. The van der Waals surface area contributed by atoms with E-state index in [1.54, 1.807) is 30.5 Å². The minimum atomic E-state index is -0.358. The summed E-state index contributed by atoms with van der Waals surface area (Å²) in [5.41, 5.74) is 2.45. The minimum absolute atomic E-state index is 0.233. The van der Waals surface area contributed by atoms with Gasteiger partial charge in [0, 0.05) is 11.9 Å². The van der Waals surface area contributed by atoms with E-state index in [0.717, 1.165) is 17.7 Å². The molecule has 0 saturated carbocycles. The van der Waals surface area contributed by atoms with Gasteiger partial charge in [-0.15, -0.1) is 0 Å². The Bertz CT molecular complexity index is 954. The van der Waals surface area contributed by atoms with Crippen molar-refractivity contribution in [1.29, 1.82) is 0 Å². The summed E-state index contributed by atoms with van der Waals surface area (Å²) in [6.07, 6.45) is 3.11. The molecule has 4 nitrogen and oxygen atoms in total. The van der Waals surface area contributed by atoms with Crippen LogP contribution in [0.1, 0.15) is 30.2 Å². The molecule has 1 heterocycles. The molecule has 0 atom stereocenters. The van der Waals surface area contributed by atoms with Crippen LogP contribution in [0.5, 0.6) is 0 Å². The second-order valence-corrected chi connectivity index (χ2v) is 5.97. The van der Waals surface area contributed by atoms with E-state index in [9.17, 15) is 13.6 Å². The Kier molecular flexibility index (Phi) is 5.41. The van der Waals surface area contributed by atoms with Crippen LogP contribution in [0.3, 0.4) is 0 Å². The summed E-state index contributed by atoms with van der Waals surface area (Å²) >= 11 is 0. The highest BCUT2D eigenvalue weighted by Crippen LogP contribution is 2.10. The second-order valence-electron chi connectivity index (χ2n) is 5.97. The highest BCUT2D eigenvalue weighted by Gasteiger charge is 2.13. The quantitative estimate of drug-likeness (QED) is 0.667. The molecule has 0 fully saturated rings. The van der Waals surface area contributed by atoms with Gasteiger partial charge in [-0.25, -0.2) is 13.5 Å². The molecule has 1 N–H and O–H groups in total. The van der Waals surface area contributed by atoms with Crippen LogP contribution in [0, 0.1) is 11.6 Å². The maximum Gasteiger partial charge on any atom is 0.280 e. The van der Waals surface area contributed by atoms with Crippen molar-refractivity contribution in [3.8, 4) is 5.69 Å². The Hall–Kier alpha value is -3.02. The lowest BCUT2D eigenvalue weighted by Crippen LogP contribution is -2.17. The van der Waals surface area contributed by atoms with E-state index >= 15 is 0 Å². The highest BCUT2D eigenvalue weighted by atomic mass is 19.1. The zero-order valence-electron chi connectivity index (χ0n) is 14.4. The van der Waals surface area contributed by atoms with Crippen molar-refractivity contribution in [2.75, 3.05) is 0 Å². The van der Waals surface area contributed by atoms with Crippen molar-refractivity contribution in [3.63, 3.8) is 0 Å². The molecule has 0 aliphatic rings. The minimum Gasteiger partial charge on any atom is -0.294 e. The Morgan fingerprint density at radius 1 is 1.04 bits per heavy atom. The molecule has 3 rings (SSSR count). The fourth-order valence-corrected chi connectivity index (χ4v) is 2.67. The zero-order valence-corrected chi connectivity index (χ0v) is 14.4. The molecule has 0 spiro atoms. The van der Waals surface area contributed by atoms with Gasteiger partial charge in [0.2, 0.25) is 0 Å². The lowest BCUT2D eigenvalue weighted by Gasteiger charge is -2.01. The number of hydrogen-bond acceptors (Lipinski definition) is 2. The molecule has 0 saturated heterocycles. The third-order valence-electron chi connectivity index (χ3n) is 4.00. The van der Waals surface area contributed by atoms with Gasteiger partial charge in [0.25, 0.3) is 5.56 Å². The number of nitrogens with one attached hydrogen (secondary N) is 1. The molecule has 0 bridgehead atoms. The number of H-pyrrole nitrogens is 1. The van der Waals surface area contributed by atoms with E-state index in [0.29, 0.717) is 24.2 Å². The van der Waals surface area contributed by atoms with E-state index in [1.165, 1.54) is 28.9 Å². The van der Waals surface area contributed by atoms with Crippen LogP contribution in [0.2, 0.25) is 0 Å². The first-order valence-corrected chi connectivity index (χ1v) is 8.42. The largest absolute Gasteiger partial charge is 0.294 e. The van der Waals surface area contributed by atoms with Crippen molar-refractivity contribution in [3.05, 3.63) is 87.3 Å². The molecule has 0 aliphatic carbocycles. The Labute approximate surface area is 149 Å². The summed E-state index contributed by atoms with van der Waals surface area (Å²) in [5.74, 6) is -0.654. The van der Waals surface area contributed by atoms with Crippen molar-refractivity contribution < 1.29 is 8.78 Å². The van der Waals surface area contributed by atoms with Crippen LogP contribution >= 0.6 is 0 Å². The average molecular weight is 355 g/mol. The first-order valence-electron chi connectivity index (χ1n) is 8.42. The fraction of sp³-hybridized carbons (Fsp3) is 0.200. The maximum atomic E-state index is 13.1. The summed E-state index contributed by atoms with van der Waals surface area (Å²) in [5, 5.41) is 3.08. The smallest absolute Gasteiger partial charge is 0.280 e. The summed E-state index contributed by atoms with van der Waals surface area (Å²) in [4.78, 5) is 17.1. The molecule has 3 aromatic rings. The Morgan fingerprint density at radius 2 is 1.65 bits per heavy atom. The molecule has 2 aromatic carbocycles. The number of aromatic amines is 1. The highest BCUT2D eigenvalue weighted by molar-refractivity contribution is 5.80. The van der Waals surface area contributed by atoms with Gasteiger partial charge in [0.1, 0.15) is 11.6 Å². The lowest BCUT2D eigenvalue weighted by molar-refractivity contribution is 0.626. The third-order valence-corrected chi connectivity index (χ3v) is 4.00. The summed E-state index contributed by atoms with van der Waals surface area (Å²) in [6.45, 7) is 2.38. The van der Waals surface area contributed by atoms with Crippen molar-refractivity contribution >= 4 is 6.21 Å². The molecule has 0 amide bonds. The van der Waals surface area contributed by atoms with Crippen LogP contribution in [-0.4, -0.2) is 16.0 Å². The van der Waals surface area contributed by atoms with Crippen LogP contribution in [0.25, 0.3) is 5.69 Å². The maximum absolute atomic E-state index is 13.1. The lowest BCUT2D eigenvalue weighted by atomic mass is 10.2. The molecule has 134 valence electrons. The van der Waals surface area contributed by atoms with Crippen LogP contribution in [0.4, 0.5) is 8.78 Å². The molecule has 6 heteroatoms. The third kappa shape index (κ3) is 3.96. The predicted octanol–water partition coefficient (Wildman–Crippen LogP) is 4.02. The molecular weight excluding hydrogens is 336 g/mol. The summed E-state index contributed by atoms with van der Waals surface area (Å²) in [7, 11) is 0. The van der Waals surface area contributed by atoms with Crippen molar-refractivity contribution in [2.45, 2.75) is 26.3 Å². The molecule has 0 radical (unpaired) electrons. The zero-order chi connectivity index (χ0) is 18.5. The predicted molar refractivity (Wildman–Crippen MR) is 98.0 cm³/mol. The van der Waals surface area contributed by atoms with Gasteiger partial charge in [-0.1, -0.05) is 25.5 Å². The summed E-state index contributed by atoms with van der Waals surface area (Å²) < 4.78 is 27.5. The number of aryl methyl sites for hydroxylation is 1. The Balaban J connectivity index is 1.89. The average Bonchev–Trinajstić information content (AvgIpc) is 2.94. The van der Waals surface area contributed by atoms with Gasteiger partial charge in [0.05, 0.1) is 17.8 Å². The first-order chi connectivity index (χ1) is 12.6. The number of aromatic nitrogens is 2. The molecular formula is C20H19F2N3O. The number of halogens is 2.